The van der Waals surface area contributed by atoms with E-state index >= 15 is 0 Å². The molecular formula is C11H13N5O. The van der Waals surface area contributed by atoms with Crippen molar-refractivity contribution in [1.29, 1.82) is 0 Å². The second kappa shape index (κ2) is 4.25. The summed E-state index contributed by atoms with van der Waals surface area (Å²) in [6, 6.07) is 5.80. The zero-order valence-electron chi connectivity index (χ0n) is 9.64. The van der Waals surface area contributed by atoms with Gasteiger partial charge in [0, 0.05) is 0 Å². The lowest BCUT2D eigenvalue weighted by atomic mass is 10.1. The Bertz CT molecular complexity index is 573. The Balaban J connectivity index is 2.43. The molecule has 0 bridgehead atoms. The minimum Gasteiger partial charge on any atom is -0.382 e. The number of hydrogen-bond acceptors (Lipinski definition) is 5. The van der Waals surface area contributed by atoms with Crippen LogP contribution in [0.15, 0.2) is 27.8 Å². The fraction of sp³-hybridized carbons (Fsp3) is 0.182. The van der Waals surface area contributed by atoms with Gasteiger partial charge in [0.05, 0.1) is 5.69 Å². The maximum Gasteiger partial charge on any atom is 0.199 e. The first-order valence-corrected chi connectivity index (χ1v) is 5.08. The van der Waals surface area contributed by atoms with Crippen LogP contribution in [0.25, 0.3) is 0 Å². The molecule has 0 radical (unpaired) electrons. The van der Waals surface area contributed by atoms with Crippen molar-refractivity contribution < 1.29 is 4.63 Å². The van der Waals surface area contributed by atoms with E-state index in [-0.39, 0.29) is 17.3 Å². The molecule has 1 aromatic heterocycles. The van der Waals surface area contributed by atoms with Crippen LogP contribution < -0.4 is 11.5 Å². The predicted octanol–water partition coefficient (Wildman–Crippen LogP) is 1.31. The molecule has 6 heteroatoms. The number of nitrogens with two attached hydrogens (primary N) is 2. The summed E-state index contributed by atoms with van der Waals surface area (Å²) in [5, 5.41) is 7.05. The largest absolute Gasteiger partial charge is 0.382 e. The van der Waals surface area contributed by atoms with Gasteiger partial charge in [-0.05, 0) is 41.4 Å². The zero-order valence-corrected chi connectivity index (χ0v) is 9.64. The van der Waals surface area contributed by atoms with Crippen LogP contribution in [0.5, 0.6) is 0 Å². The highest BCUT2D eigenvalue weighted by molar-refractivity contribution is 6.00. The lowest BCUT2D eigenvalue weighted by Crippen LogP contribution is -2.15. The molecule has 0 fully saturated rings. The number of hydrogen-bond donors (Lipinski definition) is 2. The monoisotopic (exact) mass is 231 g/mol. The standard InChI is InChI=1S/C11H13N5O/c1-6-4-3-5-8(7(6)2)14-10(12)9-11(13)16-17-15-9/h3-5H,1-2H3,(H2,12,14)(H2,13,16). The summed E-state index contributed by atoms with van der Waals surface area (Å²) in [5.74, 6) is 0.328. The topological polar surface area (TPSA) is 103 Å². The Labute approximate surface area is 98.3 Å². The fourth-order valence-corrected chi connectivity index (χ4v) is 1.41. The Morgan fingerprint density at radius 2 is 2.06 bits per heavy atom. The van der Waals surface area contributed by atoms with E-state index in [0.29, 0.717) is 0 Å². The van der Waals surface area contributed by atoms with Crippen LogP contribution in [0.4, 0.5) is 11.5 Å². The molecule has 4 N–H and O–H groups in total. The first-order valence-electron chi connectivity index (χ1n) is 5.08. The highest BCUT2D eigenvalue weighted by atomic mass is 16.6. The van der Waals surface area contributed by atoms with Gasteiger partial charge in [0.2, 0.25) is 0 Å². The summed E-state index contributed by atoms with van der Waals surface area (Å²) in [5.41, 5.74) is 14.6. The average molecular weight is 231 g/mol. The van der Waals surface area contributed by atoms with Crippen LogP contribution in [-0.4, -0.2) is 16.1 Å². The van der Waals surface area contributed by atoms with Crippen LogP contribution in [0.3, 0.4) is 0 Å². The van der Waals surface area contributed by atoms with Gasteiger partial charge in [-0.2, -0.15) is 0 Å². The van der Waals surface area contributed by atoms with E-state index in [1.165, 1.54) is 0 Å². The van der Waals surface area contributed by atoms with E-state index in [1.807, 2.05) is 32.0 Å². The van der Waals surface area contributed by atoms with Crippen LogP contribution in [0.2, 0.25) is 0 Å². The molecule has 0 aliphatic rings. The molecular weight excluding hydrogens is 218 g/mol. The van der Waals surface area contributed by atoms with Crippen LogP contribution in [-0.2, 0) is 0 Å². The number of aliphatic imine (C=N–C) groups is 1. The van der Waals surface area contributed by atoms with Gasteiger partial charge in [0.15, 0.2) is 17.3 Å². The number of aryl methyl sites for hydroxylation is 1. The summed E-state index contributed by atoms with van der Waals surface area (Å²) >= 11 is 0. The van der Waals surface area contributed by atoms with Gasteiger partial charge in [0.25, 0.3) is 0 Å². The lowest BCUT2D eigenvalue weighted by Gasteiger charge is -2.04. The third-order valence-corrected chi connectivity index (χ3v) is 2.57. The molecule has 0 saturated heterocycles. The summed E-state index contributed by atoms with van der Waals surface area (Å²) < 4.78 is 4.47. The van der Waals surface area contributed by atoms with Gasteiger partial charge in [-0.3, -0.25) is 0 Å². The second-order valence-electron chi connectivity index (χ2n) is 3.71. The van der Waals surface area contributed by atoms with Crippen LogP contribution in [0, 0.1) is 13.8 Å². The van der Waals surface area contributed by atoms with Gasteiger partial charge in [-0.25, -0.2) is 9.62 Å². The van der Waals surface area contributed by atoms with Crippen molar-refractivity contribution in [3.05, 3.63) is 35.0 Å². The molecule has 1 aromatic carbocycles. The molecule has 0 aliphatic heterocycles. The van der Waals surface area contributed by atoms with Crippen LogP contribution >= 0.6 is 0 Å². The summed E-state index contributed by atoms with van der Waals surface area (Å²) in [7, 11) is 0. The maximum absolute atomic E-state index is 5.80. The van der Waals surface area contributed by atoms with Gasteiger partial charge in [-0.1, -0.05) is 12.1 Å². The summed E-state index contributed by atoms with van der Waals surface area (Å²) in [4.78, 5) is 4.27. The fourth-order valence-electron chi connectivity index (χ4n) is 1.41. The Kier molecular flexibility index (Phi) is 2.78. The zero-order chi connectivity index (χ0) is 12.4. The third-order valence-electron chi connectivity index (χ3n) is 2.57. The Hall–Kier alpha value is -2.37. The number of aromatic nitrogens is 2. The van der Waals surface area contributed by atoms with Crippen molar-refractivity contribution >= 4 is 17.3 Å². The molecule has 0 unspecified atom stereocenters. The van der Waals surface area contributed by atoms with Crippen molar-refractivity contribution in [3.8, 4) is 0 Å². The predicted molar refractivity (Wildman–Crippen MR) is 65.0 cm³/mol. The van der Waals surface area contributed by atoms with E-state index in [2.05, 4.69) is 19.9 Å². The van der Waals surface area contributed by atoms with Crippen molar-refractivity contribution in [1.82, 2.24) is 10.3 Å². The molecule has 17 heavy (non-hydrogen) atoms. The number of amidine groups is 1. The first-order chi connectivity index (χ1) is 8.09. The molecule has 0 spiro atoms. The molecule has 1 heterocycles. The number of nitrogen functional groups attached to an aromatic ring is 1. The smallest absolute Gasteiger partial charge is 0.199 e. The molecule has 6 nitrogen and oxygen atoms in total. The Morgan fingerprint density at radius 1 is 1.29 bits per heavy atom. The quantitative estimate of drug-likeness (QED) is 0.599. The highest BCUT2D eigenvalue weighted by Crippen LogP contribution is 2.21. The number of nitrogens with zero attached hydrogens (tertiary/aromatic N) is 3. The Morgan fingerprint density at radius 3 is 2.71 bits per heavy atom. The van der Waals surface area contributed by atoms with Gasteiger partial charge < -0.3 is 11.5 Å². The third kappa shape index (κ3) is 2.10. The van der Waals surface area contributed by atoms with E-state index in [4.69, 9.17) is 11.5 Å². The molecule has 0 amide bonds. The van der Waals surface area contributed by atoms with Gasteiger partial charge in [0.1, 0.15) is 0 Å². The lowest BCUT2D eigenvalue weighted by molar-refractivity contribution is 0.308. The summed E-state index contributed by atoms with van der Waals surface area (Å²) in [6.07, 6.45) is 0. The molecule has 0 aliphatic carbocycles. The normalized spacial score (nSPS) is 11.8. The second-order valence-corrected chi connectivity index (χ2v) is 3.71. The highest BCUT2D eigenvalue weighted by Gasteiger charge is 2.11. The SMILES string of the molecule is Cc1cccc(N=C(N)c2nonc2N)c1C. The van der Waals surface area contributed by atoms with Gasteiger partial charge >= 0.3 is 0 Å². The van der Waals surface area contributed by atoms with E-state index in [9.17, 15) is 0 Å². The maximum atomic E-state index is 5.80. The number of benzene rings is 1. The molecule has 0 atom stereocenters. The first kappa shape index (κ1) is 11.1. The van der Waals surface area contributed by atoms with Crippen molar-refractivity contribution in [3.63, 3.8) is 0 Å². The number of anilines is 1. The van der Waals surface area contributed by atoms with Crippen molar-refractivity contribution in [2.24, 2.45) is 10.7 Å². The van der Waals surface area contributed by atoms with Crippen molar-refractivity contribution in [2.75, 3.05) is 5.73 Å². The number of rotatable bonds is 2. The van der Waals surface area contributed by atoms with E-state index < -0.39 is 0 Å². The van der Waals surface area contributed by atoms with Crippen LogP contribution in [0.1, 0.15) is 16.8 Å². The minimum absolute atomic E-state index is 0.136. The molecule has 2 rings (SSSR count). The molecule has 88 valence electrons. The minimum atomic E-state index is 0.136. The van der Waals surface area contributed by atoms with Crippen molar-refractivity contribution in [2.45, 2.75) is 13.8 Å². The van der Waals surface area contributed by atoms with Gasteiger partial charge in [-0.15, -0.1) is 0 Å². The molecule has 0 saturated carbocycles. The van der Waals surface area contributed by atoms with E-state index in [1.54, 1.807) is 0 Å². The average Bonchev–Trinajstić information content (AvgIpc) is 2.71. The summed E-state index contributed by atoms with van der Waals surface area (Å²) in [6.45, 7) is 3.99. The molecule has 2 aromatic rings. The van der Waals surface area contributed by atoms with E-state index in [0.717, 1.165) is 16.8 Å².